The summed E-state index contributed by atoms with van der Waals surface area (Å²) >= 11 is 11.9. The Bertz CT molecular complexity index is 1510. The van der Waals surface area contributed by atoms with Gasteiger partial charge in [0, 0.05) is 38.7 Å². The van der Waals surface area contributed by atoms with Gasteiger partial charge in [-0.2, -0.15) is 17.5 Å². The average Bonchev–Trinajstić information content (AvgIpc) is 3.25. The molecule has 0 aromatic heterocycles. The first-order valence-electron chi connectivity index (χ1n) is 10.9. The normalized spacial score (nSPS) is 19.1. The molecule has 1 aliphatic rings. The summed E-state index contributed by atoms with van der Waals surface area (Å²) in [6, 6.07) is 14.6. The van der Waals surface area contributed by atoms with E-state index in [0.717, 1.165) is 23.3 Å². The number of alkyl halides is 3. The molecule has 0 bridgehead atoms. The molecule has 5 nitrogen and oxygen atoms in total. The molecule has 0 N–H and O–H groups in total. The SMILES string of the molecule is Cc1cc(C)cc(S(C)(=O)=NC(=O)c2ccc(C3=NOC(c4cc(Cl)cc(Cl)c4)(C(F)(F)F)C3)cc2)c1. The second kappa shape index (κ2) is 9.78. The van der Waals surface area contributed by atoms with Gasteiger partial charge in [-0.05, 0) is 73.0 Å². The van der Waals surface area contributed by atoms with Gasteiger partial charge in [-0.1, -0.05) is 46.6 Å². The Morgan fingerprint density at radius 1 is 1.00 bits per heavy atom. The van der Waals surface area contributed by atoms with E-state index in [9.17, 15) is 22.2 Å². The van der Waals surface area contributed by atoms with Crippen LogP contribution in [0.5, 0.6) is 0 Å². The minimum Gasteiger partial charge on any atom is -0.374 e. The third-order valence-corrected chi connectivity index (χ3v) is 7.93. The van der Waals surface area contributed by atoms with Crippen LogP contribution in [0.3, 0.4) is 0 Å². The molecule has 1 aliphatic heterocycles. The fourth-order valence-electron chi connectivity index (χ4n) is 4.07. The number of hydrogen-bond donors (Lipinski definition) is 0. The van der Waals surface area contributed by atoms with E-state index in [1.54, 1.807) is 12.1 Å². The molecular formula is C26H21Cl2F3N2O3S. The van der Waals surface area contributed by atoms with Crippen molar-refractivity contribution in [3.05, 3.63) is 98.5 Å². The highest BCUT2D eigenvalue weighted by atomic mass is 35.5. The summed E-state index contributed by atoms with van der Waals surface area (Å²) in [5.74, 6) is -0.707. The van der Waals surface area contributed by atoms with Gasteiger partial charge in [0.2, 0.25) is 0 Å². The molecule has 0 fully saturated rings. The molecule has 1 amide bonds. The third kappa shape index (κ3) is 5.54. The number of carbonyl (C=O) groups excluding carboxylic acids is 1. The van der Waals surface area contributed by atoms with Crippen LogP contribution in [-0.2, 0) is 20.2 Å². The van der Waals surface area contributed by atoms with Crippen molar-refractivity contribution in [1.29, 1.82) is 0 Å². The van der Waals surface area contributed by atoms with Crippen LogP contribution in [0.4, 0.5) is 13.2 Å². The van der Waals surface area contributed by atoms with Crippen molar-refractivity contribution in [2.45, 2.75) is 36.9 Å². The van der Waals surface area contributed by atoms with Crippen molar-refractivity contribution in [2.24, 2.45) is 9.52 Å². The highest BCUT2D eigenvalue weighted by Crippen LogP contribution is 2.49. The van der Waals surface area contributed by atoms with Gasteiger partial charge in [-0.3, -0.25) is 4.79 Å². The van der Waals surface area contributed by atoms with E-state index in [2.05, 4.69) is 9.52 Å². The maximum atomic E-state index is 14.2. The molecule has 1 heterocycles. The molecule has 0 saturated heterocycles. The first-order valence-corrected chi connectivity index (χ1v) is 13.6. The zero-order valence-corrected chi connectivity index (χ0v) is 22.2. The Labute approximate surface area is 222 Å². The van der Waals surface area contributed by atoms with Crippen LogP contribution >= 0.6 is 23.2 Å². The number of halogens is 5. The van der Waals surface area contributed by atoms with Gasteiger partial charge in [0.15, 0.2) is 0 Å². The van der Waals surface area contributed by atoms with Crippen LogP contribution in [0.2, 0.25) is 10.0 Å². The van der Waals surface area contributed by atoms with Gasteiger partial charge in [0.05, 0.1) is 15.4 Å². The topological polar surface area (TPSA) is 68.1 Å². The molecule has 0 aliphatic carbocycles. The molecule has 2 atom stereocenters. The Morgan fingerprint density at radius 3 is 2.11 bits per heavy atom. The Hall–Kier alpha value is -2.88. The molecular weight excluding hydrogens is 548 g/mol. The predicted octanol–water partition coefficient (Wildman–Crippen LogP) is 7.49. The van der Waals surface area contributed by atoms with Gasteiger partial charge in [0.25, 0.3) is 11.5 Å². The number of aryl methyl sites for hydroxylation is 2. The lowest BCUT2D eigenvalue weighted by atomic mass is 9.86. The molecule has 194 valence electrons. The summed E-state index contributed by atoms with van der Waals surface area (Å²) in [7, 11) is -3.01. The number of amides is 1. The summed E-state index contributed by atoms with van der Waals surface area (Å²) in [6.45, 7) is 3.72. The average molecular weight is 569 g/mol. The summed E-state index contributed by atoms with van der Waals surface area (Å²) in [4.78, 5) is 18.2. The van der Waals surface area contributed by atoms with Crippen molar-refractivity contribution in [3.63, 3.8) is 0 Å². The molecule has 3 aromatic carbocycles. The second-order valence-corrected chi connectivity index (χ2v) is 12.0. The van der Waals surface area contributed by atoms with E-state index in [0.29, 0.717) is 10.5 Å². The minimum atomic E-state index is -4.82. The lowest BCUT2D eigenvalue weighted by Gasteiger charge is -2.29. The van der Waals surface area contributed by atoms with E-state index in [-0.39, 0.29) is 26.9 Å². The predicted molar refractivity (Wildman–Crippen MR) is 138 cm³/mol. The van der Waals surface area contributed by atoms with Crippen LogP contribution < -0.4 is 0 Å². The smallest absolute Gasteiger partial charge is 0.374 e. The third-order valence-electron chi connectivity index (χ3n) is 5.87. The highest BCUT2D eigenvalue weighted by Gasteiger charge is 2.62. The molecule has 4 rings (SSSR count). The van der Waals surface area contributed by atoms with Gasteiger partial charge in [0.1, 0.15) is 0 Å². The lowest BCUT2D eigenvalue weighted by molar-refractivity contribution is -0.275. The van der Waals surface area contributed by atoms with E-state index >= 15 is 0 Å². The minimum absolute atomic E-state index is 0.0267. The summed E-state index contributed by atoms with van der Waals surface area (Å²) in [6.07, 6.45) is -4.06. The molecule has 0 saturated carbocycles. The first kappa shape index (κ1) is 27.2. The maximum Gasteiger partial charge on any atom is 0.435 e. The fraction of sp³-hybridized carbons (Fsp3) is 0.231. The van der Waals surface area contributed by atoms with Crippen molar-refractivity contribution in [1.82, 2.24) is 0 Å². The lowest BCUT2D eigenvalue weighted by Crippen LogP contribution is -2.42. The number of carbonyl (C=O) groups is 1. The first-order chi connectivity index (χ1) is 17.2. The number of hydrogen-bond acceptors (Lipinski definition) is 4. The largest absolute Gasteiger partial charge is 0.435 e. The Kier molecular flexibility index (Phi) is 7.18. The maximum absolute atomic E-state index is 14.2. The quantitative estimate of drug-likeness (QED) is 0.327. The highest BCUT2D eigenvalue weighted by molar-refractivity contribution is 7.93. The summed E-state index contributed by atoms with van der Waals surface area (Å²) < 4.78 is 59.7. The van der Waals surface area contributed by atoms with Gasteiger partial charge in [-0.15, -0.1) is 0 Å². The molecule has 2 unspecified atom stereocenters. The van der Waals surface area contributed by atoms with Crippen LogP contribution in [0, 0.1) is 13.8 Å². The second-order valence-electron chi connectivity index (χ2n) is 8.89. The van der Waals surface area contributed by atoms with E-state index in [4.69, 9.17) is 28.0 Å². The van der Waals surface area contributed by atoms with E-state index in [1.165, 1.54) is 36.6 Å². The zero-order valence-electron chi connectivity index (χ0n) is 19.9. The molecule has 37 heavy (non-hydrogen) atoms. The summed E-state index contributed by atoms with van der Waals surface area (Å²) in [5, 5.41) is 3.77. The van der Waals surface area contributed by atoms with Crippen LogP contribution in [0.25, 0.3) is 0 Å². The van der Waals surface area contributed by atoms with Gasteiger partial charge >= 0.3 is 6.18 Å². The van der Waals surface area contributed by atoms with E-state index in [1.807, 2.05) is 19.9 Å². The molecule has 11 heteroatoms. The standard InChI is InChI=1S/C26H21Cl2F3N2O3S/c1-15-8-16(2)10-22(9-15)37(3,35)33-24(34)18-6-4-17(5-7-18)23-14-25(36-32-23,26(29,30)31)19-11-20(27)13-21(28)12-19/h4-13H,14H2,1-3H3. The van der Waals surface area contributed by atoms with E-state index < -0.39 is 33.8 Å². The van der Waals surface area contributed by atoms with Gasteiger partial charge < -0.3 is 4.84 Å². The van der Waals surface area contributed by atoms with Crippen LogP contribution in [-0.4, -0.2) is 28.3 Å². The van der Waals surface area contributed by atoms with Crippen LogP contribution in [0.15, 0.2) is 75.1 Å². The molecule has 0 spiro atoms. The Morgan fingerprint density at radius 2 is 1.57 bits per heavy atom. The summed E-state index contributed by atoms with van der Waals surface area (Å²) in [5.41, 5.74) is -0.768. The van der Waals surface area contributed by atoms with Crippen molar-refractivity contribution in [3.8, 4) is 0 Å². The van der Waals surface area contributed by atoms with Crippen molar-refractivity contribution < 1.29 is 27.0 Å². The molecule has 3 aromatic rings. The number of oxime groups is 1. The van der Waals surface area contributed by atoms with Crippen molar-refractivity contribution in [2.75, 3.05) is 6.26 Å². The van der Waals surface area contributed by atoms with Crippen molar-refractivity contribution >= 4 is 44.5 Å². The zero-order chi connectivity index (χ0) is 27.2. The Balaban J connectivity index is 1.60. The van der Waals surface area contributed by atoms with Gasteiger partial charge in [-0.25, -0.2) is 4.21 Å². The number of nitrogens with zero attached hydrogens (tertiary/aromatic N) is 2. The number of rotatable bonds is 4. The fourth-order valence-corrected chi connectivity index (χ4v) is 5.93. The monoisotopic (exact) mass is 568 g/mol. The number of benzene rings is 3. The molecule has 0 radical (unpaired) electrons. The van der Waals surface area contributed by atoms with Crippen LogP contribution in [0.1, 0.15) is 39.0 Å².